The Hall–Kier alpha value is -0.610. The van der Waals surface area contributed by atoms with Crippen molar-refractivity contribution >= 4 is 42.6 Å². The van der Waals surface area contributed by atoms with Gasteiger partial charge < -0.3 is 5.32 Å². The van der Waals surface area contributed by atoms with E-state index in [9.17, 15) is 0 Å². The van der Waals surface area contributed by atoms with Crippen LogP contribution in [0.2, 0.25) is 0 Å². The molecule has 0 aliphatic heterocycles. The molecular weight excluding hydrogens is 320 g/mol. The fourth-order valence-corrected chi connectivity index (χ4v) is 3.99. The molecule has 4 heteroatoms. The summed E-state index contributed by atoms with van der Waals surface area (Å²) >= 11 is 5.20. The molecule has 0 aliphatic rings. The van der Waals surface area contributed by atoms with Crippen molar-refractivity contribution in [2.24, 2.45) is 5.41 Å². The molecule has 1 aromatic carbocycles. The SMILES string of the molecule is CC(C)(C)CC(C)(C)Nc1nc2cc(Br)ccc2s1. The van der Waals surface area contributed by atoms with E-state index in [-0.39, 0.29) is 5.54 Å². The number of thiazole rings is 1. The Morgan fingerprint density at radius 1 is 1.21 bits per heavy atom. The van der Waals surface area contributed by atoms with Crippen LogP contribution in [0, 0.1) is 5.41 Å². The summed E-state index contributed by atoms with van der Waals surface area (Å²) in [4.78, 5) is 4.67. The van der Waals surface area contributed by atoms with Gasteiger partial charge in [-0.25, -0.2) is 4.98 Å². The lowest BCUT2D eigenvalue weighted by atomic mass is 9.82. The summed E-state index contributed by atoms with van der Waals surface area (Å²) < 4.78 is 2.29. The minimum absolute atomic E-state index is 0.0450. The third kappa shape index (κ3) is 4.18. The van der Waals surface area contributed by atoms with Gasteiger partial charge in [0.1, 0.15) is 0 Å². The van der Waals surface area contributed by atoms with Crippen LogP contribution in [0.25, 0.3) is 10.2 Å². The van der Waals surface area contributed by atoms with Crippen molar-refractivity contribution < 1.29 is 0 Å². The van der Waals surface area contributed by atoms with Crippen LogP contribution in [-0.2, 0) is 0 Å². The minimum atomic E-state index is 0.0450. The summed E-state index contributed by atoms with van der Waals surface area (Å²) in [5.41, 5.74) is 1.40. The van der Waals surface area contributed by atoms with Crippen molar-refractivity contribution in [3.63, 3.8) is 0 Å². The number of benzene rings is 1. The van der Waals surface area contributed by atoms with Gasteiger partial charge in [0.2, 0.25) is 0 Å². The quantitative estimate of drug-likeness (QED) is 0.776. The van der Waals surface area contributed by atoms with Gasteiger partial charge in [-0.15, -0.1) is 0 Å². The van der Waals surface area contributed by atoms with E-state index in [0.717, 1.165) is 21.5 Å². The first-order chi connectivity index (χ1) is 8.65. The monoisotopic (exact) mass is 340 g/mol. The average Bonchev–Trinajstić information content (AvgIpc) is 2.53. The Morgan fingerprint density at radius 2 is 1.89 bits per heavy atom. The van der Waals surface area contributed by atoms with E-state index in [4.69, 9.17) is 0 Å². The molecule has 104 valence electrons. The lowest BCUT2D eigenvalue weighted by molar-refractivity contribution is 0.302. The van der Waals surface area contributed by atoms with Crippen molar-refractivity contribution in [2.45, 2.75) is 46.6 Å². The molecule has 0 aliphatic carbocycles. The van der Waals surface area contributed by atoms with E-state index in [1.165, 1.54) is 4.70 Å². The maximum absolute atomic E-state index is 4.67. The normalized spacial score (nSPS) is 12.9. The summed E-state index contributed by atoms with van der Waals surface area (Å²) in [5, 5.41) is 4.58. The lowest BCUT2D eigenvalue weighted by Crippen LogP contribution is -2.35. The van der Waals surface area contributed by atoms with E-state index in [2.05, 4.69) is 79.0 Å². The largest absolute Gasteiger partial charge is 0.357 e. The van der Waals surface area contributed by atoms with Crippen molar-refractivity contribution in [3.8, 4) is 0 Å². The number of anilines is 1. The summed E-state index contributed by atoms with van der Waals surface area (Å²) in [5.74, 6) is 0. The molecule has 0 atom stereocenters. The van der Waals surface area contributed by atoms with Crippen LogP contribution in [0.1, 0.15) is 41.0 Å². The molecule has 19 heavy (non-hydrogen) atoms. The number of nitrogens with zero attached hydrogens (tertiary/aromatic N) is 1. The number of rotatable bonds is 3. The fourth-order valence-electron chi connectivity index (χ4n) is 2.61. The summed E-state index contributed by atoms with van der Waals surface area (Å²) in [6.07, 6.45) is 1.10. The number of hydrogen-bond acceptors (Lipinski definition) is 3. The predicted octanol–water partition coefficient (Wildman–Crippen LogP) is 5.69. The van der Waals surface area contributed by atoms with E-state index in [0.29, 0.717) is 5.41 Å². The Bertz CT molecular complexity index is 581. The second-order valence-electron chi connectivity index (χ2n) is 6.88. The molecule has 0 fully saturated rings. The van der Waals surface area contributed by atoms with E-state index >= 15 is 0 Å². The zero-order chi connectivity index (χ0) is 14.3. The van der Waals surface area contributed by atoms with Crippen molar-refractivity contribution in [1.82, 2.24) is 4.98 Å². The van der Waals surface area contributed by atoms with Crippen LogP contribution in [0.4, 0.5) is 5.13 Å². The maximum Gasteiger partial charge on any atom is 0.184 e. The first-order valence-electron chi connectivity index (χ1n) is 6.49. The van der Waals surface area contributed by atoms with E-state index < -0.39 is 0 Å². The van der Waals surface area contributed by atoms with Crippen LogP contribution in [0.3, 0.4) is 0 Å². The molecule has 2 rings (SSSR count). The summed E-state index contributed by atoms with van der Waals surface area (Å²) in [7, 11) is 0. The summed E-state index contributed by atoms with van der Waals surface area (Å²) in [6.45, 7) is 11.3. The van der Waals surface area contributed by atoms with E-state index in [1.807, 2.05) is 0 Å². The van der Waals surface area contributed by atoms with E-state index in [1.54, 1.807) is 11.3 Å². The highest BCUT2D eigenvalue weighted by atomic mass is 79.9. The Kier molecular flexibility index (Phi) is 3.94. The first kappa shape index (κ1) is 14.8. The Balaban J connectivity index is 2.21. The van der Waals surface area contributed by atoms with Gasteiger partial charge in [0.25, 0.3) is 0 Å². The van der Waals surface area contributed by atoms with Crippen LogP contribution in [0.5, 0.6) is 0 Å². The number of aromatic nitrogens is 1. The van der Waals surface area contributed by atoms with Crippen molar-refractivity contribution in [3.05, 3.63) is 22.7 Å². The Morgan fingerprint density at radius 3 is 2.53 bits per heavy atom. The molecule has 2 aromatic rings. The molecular formula is C15H21BrN2S. The second kappa shape index (κ2) is 5.06. The highest BCUT2D eigenvalue weighted by molar-refractivity contribution is 9.10. The van der Waals surface area contributed by atoms with Gasteiger partial charge in [-0.3, -0.25) is 0 Å². The van der Waals surface area contributed by atoms with Gasteiger partial charge in [0, 0.05) is 10.0 Å². The van der Waals surface area contributed by atoms with Crippen molar-refractivity contribution in [1.29, 1.82) is 0 Å². The third-order valence-corrected chi connectivity index (χ3v) is 4.21. The minimum Gasteiger partial charge on any atom is -0.357 e. The van der Waals surface area contributed by atoms with Crippen LogP contribution < -0.4 is 5.32 Å². The molecule has 0 saturated heterocycles. The average molecular weight is 341 g/mol. The van der Waals surface area contributed by atoms with Gasteiger partial charge in [0.05, 0.1) is 10.2 Å². The van der Waals surface area contributed by atoms with Gasteiger partial charge in [-0.05, 0) is 43.9 Å². The molecule has 0 unspecified atom stereocenters. The maximum atomic E-state index is 4.67. The molecule has 0 radical (unpaired) electrons. The number of fused-ring (bicyclic) bond motifs is 1. The van der Waals surface area contributed by atoms with Gasteiger partial charge >= 0.3 is 0 Å². The smallest absolute Gasteiger partial charge is 0.184 e. The zero-order valence-electron chi connectivity index (χ0n) is 12.2. The topological polar surface area (TPSA) is 24.9 Å². The van der Waals surface area contributed by atoms with Gasteiger partial charge in [0.15, 0.2) is 5.13 Å². The Labute approximate surface area is 127 Å². The number of nitrogens with one attached hydrogen (secondary N) is 1. The molecule has 2 nitrogen and oxygen atoms in total. The first-order valence-corrected chi connectivity index (χ1v) is 8.10. The molecule has 0 amide bonds. The second-order valence-corrected chi connectivity index (χ2v) is 8.82. The highest BCUT2D eigenvalue weighted by Crippen LogP contribution is 2.33. The third-order valence-electron chi connectivity index (χ3n) is 2.77. The lowest BCUT2D eigenvalue weighted by Gasteiger charge is -2.33. The van der Waals surface area contributed by atoms with Crippen molar-refractivity contribution in [2.75, 3.05) is 5.32 Å². The highest BCUT2D eigenvalue weighted by Gasteiger charge is 2.26. The molecule has 1 heterocycles. The zero-order valence-corrected chi connectivity index (χ0v) is 14.6. The van der Waals surface area contributed by atoms with Crippen LogP contribution in [-0.4, -0.2) is 10.5 Å². The number of halogens is 1. The van der Waals surface area contributed by atoms with Crippen LogP contribution in [0.15, 0.2) is 22.7 Å². The van der Waals surface area contributed by atoms with Crippen LogP contribution >= 0.6 is 27.3 Å². The standard InChI is InChI=1S/C15H21BrN2S/c1-14(2,3)9-15(4,5)18-13-17-11-8-10(16)6-7-12(11)19-13/h6-8H,9H2,1-5H3,(H,17,18). The molecule has 1 N–H and O–H groups in total. The number of hydrogen-bond donors (Lipinski definition) is 1. The fraction of sp³-hybridized carbons (Fsp3) is 0.533. The molecule has 0 saturated carbocycles. The molecule has 0 bridgehead atoms. The van der Waals surface area contributed by atoms with Gasteiger partial charge in [-0.1, -0.05) is 48.0 Å². The predicted molar refractivity (Wildman–Crippen MR) is 89.1 cm³/mol. The molecule has 0 spiro atoms. The summed E-state index contributed by atoms with van der Waals surface area (Å²) in [6, 6.07) is 6.23. The van der Waals surface area contributed by atoms with Gasteiger partial charge in [-0.2, -0.15) is 0 Å². The molecule has 1 aromatic heterocycles.